The second-order valence-corrected chi connectivity index (χ2v) is 8.71. The molecule has 170 valence electrons. The number of imide groups is 2. The number of rotatable bonds is 6. The van der Waals surface area contributed by atoms with E-state index in [9.17, 15) is 28.8 Å². The predicted molar refractivity (Wildman–Crippen MR) is 101 cm³/mol. The minimum absolute atomic E-state index is 0.258. The molecule has 6 aliphatic rings. The summed E-state index contributed by atoms with van der Waals surface area (Å²) in [6.07, 6.45) is 3.72. The summed E-state index contributed by atoms with van der Waals surface area (Å²) >= 11 is 0. The van der Waals surface area contributed by atoms with Gasteiger partial charge in [-0.05, 0) is 23.7 Å². The van der Waals surface area contributed by atoms with Crippen molar-refractivity contribution in [3.8, 4) is 0 Å². The number of carbonyl (C=O) groups excluding carboxylic acids is 6. The number of esters is 2. The Hall–Kier alpha value is -3.12. The van der Waals surface area contributed by atoms with Gasteiger partial charge >= 0.3 is 11.9 Å². The van der Waals surface area contributed by atoms with Crippen LogP contribution in [0, 0.1) is 47.3 Å². The third-order valence-corrected chi connectivity index (χ3v) is 7.57. The maximum absolute atomic E-state index is 13.0. The lowest BCUT2D eigenvalue weighted by molar-refractivity contribution is -0.166. The molecule has 4 fully saturated rings. The van der Waals surface area contributed by atoms with E-state index in [0.717, 1.165) is 9.80 Å². The molecule has 0 aromatic rings. The Bertz CT molecular complexity index is 923. The van der Waals surface area contributed by atoms with Crippen LogP contribution in [0.1, 0.15) is 0 Å². The molecule has 4 N–H and O–H groups in total. The average Bonchev–Trinajstić information content (AvgIpc) is 3.14. The molecule has 12 heteroatoms. The number of hydrogen-bond acceptors (Lipinski definition) is 10. The van der Waals surface area contributed by atoms with Crippen molar-refractivity contribution in [3.63, 3.8) is 0 Å². The fourth-order valence-corrected chi connectivity index (χ4v) is 6.37. The lowest BCUT2D eigenvalue weighted by atomic mass is 9.40. The van der Waals surface area contributed by atoms with Gasteiger partial charge in [-0.15, -0.1) is 0 Å². The standard InChI is InChI=1S/C20H22N4O8/c21-3-9(25)31-5-23-17(27)13-7-1-2-8(14(13)18(23)28)12-11(7)15-16(12)20(30)24(19(15)29)6-32-10(26)4-22/h1-2,7-8,11-16H,3-6,21-22H2/t7-,8+,11-,12-,13-,14-,15-,16-/m1/s1. The Morgan fingerprint density at radius 1 is 0.688 bits per heavy atom. The summed E-state index contributed by atoms with van der Waals surface area (Å²) in [7, 11) is 0. The quantitative estimate of drug-likeness (QED) is 0.245. The van der Waals surface area contributed by atoms with Crippen molar-refractivity contribution in [2.24, 2.45) is 58.8 Å². The van der Waals surface area contributed by atoms with Crippen LogP contribution in [0.15, 0.2) is 12.2 Å². The second kappa shape index (κ2) is 7.20. The summed E-state index contributed by atoms with van der Waals surface area (Å²) in [5.41, 5.74) is 10.4. The Morgan fingerprint density at radius 2 is 1.03 bits per heavy atom. The predicted octanol–water partition coefficient (Wildman–Crippen LogP) is -2.83. The van der Waals surface area contributed by atoms with Crippen molar-refractivity contribution in [2.75, 3.05) is 26.6 Å². The fraction of sp³-hybridized carbons (Fsp3) is 0.600. The van der Waals surface area contributed by atoms with E-state index in [4.69, 9.17) is 20.9 Å². The molecule has 6 rings (SSSR count). The Balaban J connectivity index is 1.38. The molecule has 2 saturated heterocycles. The molecular weight excluding hydrogens is 424 g/mol. The van der Waals surface area contributed by atoms with E-state index in [1.165, 1.54) is 0 Å². The molecule has 0 aromatic carbocycles. The minimum Gasteiger partial charge on any atom is -0.443 e. The van der Waals surface area contributed by atoms with Gasteiger partial charge in [-0.3, -0.25) is 28.8 Å². The largest absolute Gasteiger partial charge is 0.443 e. The average molecular weight is 446 g/mol. The van der Waals surface area contributed by atoms with Crippen LogP contribution in [-0.2, 0) is 38.2 Å². The monoisotopic (exact) mass is 446 g/mol. The van der Waals surface area contributed by atoms with Crippen molar-refractivity contribution in [2.45, 2.75) is 0 Å². The summed E-state index contributed by atoms with van der Waals surface area (Å²) in [5, 5.41) is 0. The highest BCUT2D eigenvalue weighted by Crippen LogP contribution is 2.68. The van der Waals surface area contributed by atoms with Gasteiger partial charge in [-0.1, -0.05) is 12.2 Å². The van der Waals surface area contributed by atoms with E-state index in [-0.39, 0.29) is 36.8 Å². The Kier molecular flexibility index (Phi) is 4.67. The summed E-state index contributed by atoms with van der Waals surface area (Å²) < 4.78 is 9.78. The van der Waals surface area contributed by atoms with E-state index < -0.39 is 72.7 Å². The first kappa shape index (κ1) is 20.8. The van der Waals surface area contributed by atoms with E-state index in [1.54, 1.807) is 0 Å². The van der Waals surface area contributed by atoms with E-state index in [0.29, 0.717) is 0 Å². The first-order valence-corrected chi connectivity index (χ1v) is 10.4. The summed E-state index contributed by atoms with van der Waals surface area (Å²) in [6, 6.07) is 0. The van der Waals surface area contributed by atoms with Gasteiger partial charge in [0.15, 0.2) is 13.5 Å². The smallest absolute Gasteiger partial charge is 0.321 e. The van der Waals surface area contributed by atoms with Crippen molar-refractivity contribution in [1.29, 1.82) is 0 Å². The first-order valence-electron chi connectivity index (χ1n) is 10.4. The van der Waals surface area contributed by atoms with Gasteiger partial charge in [0.25, 0.3) is 0 Å². The number of hydrogen-bond donors (Lipinski definition) is 2. The van der Waals surface area contributed by atoms with E-state index in [2.05, 4.69) is 0 Å². The molecule has 4 amide bonds. The van der Waals surface area contributed by atoms with Crippen molar-refractivity contribution < 1.29 is 38.2 Å². The van der Waals surface area contributed by atoms with Crippen LogP contribution >= 0.6 is 0 Å². The molecule has 2 heterocycles. The molecule has 4 aliphatic carbocycles. The van der Waals surface area contributed by atoms with Gasteiger partial charge in [0.2, 0.25) is 23.6 Å². The third-order valence-electron chi connectivity index (χ3n) is 7.57. The summed E-state index contributed by atoms with van der Waals surface area (Å²) in [4.78, 5) is 76.6. The lowest BCUT2D eigenvalue weighted by Gasteiger charge is -2.60. The molecule has 12 nitrogen and oxygen atoms in total. The fourth-order valence-electron chi connectivity index (χ4n) is 6.37. The second-order valence-electron chi connectivity index (χ2n) is 8.71. The zero-order chi connectivity index (χ0) is 22.9. The normalized spacial score (nSPS) is 38.4. The lowest BCUT2D eigenvalue weighted by Crippen LogP contribution is -2.63. The van der Waals surface area contributed by atoms with Gasteiger partial charge in [-0.25, -0.2) is 9.80 Å². The number of carbonyl (C=O) groups is 6. The molecule has 2 saturated carbocycles. The third kappa shape index (κ3) is 2.56. The topological polar surface area (TPSA) is 179 Å². The number of likely N-dealkylation sites (tertiary alicyclic amines) is 2. The molecule has 8 atom stereocenters. The van der Waals surface area contributed by atoms with Crippen LogP contribution in [-0.4, -0.2) is 71.9 Å². The highest BCUT2D eigenvalue weighted by molar-refractivity contribution is 6.09. The van der Waals surface area contributed by atoms with Gasteiger partial charge in [0.1, 0.15) is 0 Å². The summed E-state index contributed by atoms with van der Waals surface area (Å²) in [5.74, 6) is -7.07. The molecule has 0 spiro atoms. The zero-order valence-electron chi connectivity index (χ0n) is 16.9. The highest BCUT2D eigenvalue weighted by Gasteiger charge is 2.75. The van der Waals surface area contributed by atoms with Crippen LogP contribution < -0.4 is 11.5 Å². The zero-order valence-corrected chi connectivity index (χ0v) is 16.9. The van der Waals surface area contributed by atoms with Gasteiger partial charge < -0.3 is 20.9 Å². The van der Waals surface area contributed by atoms with Crippen molar-refractivity contribution >= 4 is 35.6 Å². The Morgan fingerprint density at radius 3 is 1.38 bits per heavy atom. The number of amides is 4. The number of nitrogens with two attached hydrogens (primary N) is 2. The van der Waals surface area contributed by atoms with Crippen LogP contribution in [0.25, 0.3) is 0 Å². The van der Waals surface area contributed by atoms with Crippen LogP contribution in [0.5, 0.6) is 0 Å². The SMILES string of the molecule is NCC(=O)OCN1C(=O)[C@@H]2[C@H]3C=C[C@@H]([C@H]2C1=O)[C@H]1[C@H]2C(=O)N(COC(=O)CN)C(=O)[C@@H]2[C@H]31. The van der Waals surface area contributed by atoms with Crippen LogP contribution in [0.2, 0.25) is 0 Å². The number of allylic oxidation sites excluding steroid dienone is 2. The van der Waals surface area contributed by atoms with Gasteiger partial charge in [-0.2, -0.15) is 0 Å². The molecule has 0 aromatic heterocycles. The van der Waals surface area contributed by atoms with E-state index >= 15 is 0 Å². The Labute approximate surface area is 181 Å². The minimum atomic E-state index is -0.734. The summed E-state index contributed by atoms with van der Waals surface area (Å²) in [6.45, 7) is -1.73. The highest BCUT2D eigenvalue weighted by atomic mass is 16.6. The van der Waals surface area contributed by atoms with Gasteiger partial charge in [0.05, 0.1) is 36.8 Å². The molecular formula is C20H22N4O8. The molecule has 0 radical (unpaired) electrons. The molecule has 2 aliphatic heterocycles. The number of nitrogens with zero attached hydrogens (tertiary/aromatic N) is 2. The van der Waals surface area contributed by atoms with Gasteiger partial charge in [0, 0.05) is 0 Å². The molecule has 0 unspecified atom stereocenters. The number of fused-ring (bicyclic) bond motifs is 1. The van der Waals surface area contributed by atoms with Crippen molar-refractivity contribution in [1.82, 2.24) is 9.80 Å². The van der Waals surface area contributed by atoms with Crippen LogP contribution in [0.3, 0.4) is 0 Å². The van der Waals surface area contributed by atoms with Crippen molar-refractivity contribution in [3.05, 3.63) is 12.2 Å². The van der Waals surface area contributed by atoms with E-state index in [1.807, 2.05) is 12.2 Å². The van der Waals surface area contributed by atoms with Crippen LogP contribution in [0.4, 0.5) is 0 Å². The maximum atomic E-state index is 13.0. The molecule has 2 bridgehead atoms. The molecule has 32 heavy (non-hydrogen) atoms. The number of ether oxygens (including phenoxy) is 2. The maximum Gasteiger partial charge on any atom is 0.321 e. The first-order chi connectivity index (χ1) is 15.3.